The number of nitrogens with zero attached hydrogens (tertiary/aromatic N) is 1. The fourth-order valence-corrected chi connectivity index (χ4v) is 2.79. The third-order valence-electron chi connectivity index (χ3n) is 3.73. The maximum atomic E-state index is 8.78. The molecule has 2 rings (SSSR count). The molecule has 1 saturated heterocycles. The summed E-state index contributed by atoms with van der Waals surface area (Å²) in [5.41, 5.74) is 2.10. The van der Waals surface area contributed by atoms with Crippen molar-refractivity contribution in [3.05, 3.63) is 29.3 Å². The molecule has 0 bridgehead atoms. The highest BCUT2D eigenvalue weighted by Crippen LogP contribution is 2.24. The fraction of sp³-hybridized carbons (Fsp3) is 0.529. The van der Waals surface area contributed by atoms with Gasteiger partial charge in [0.1, 0.15) is 12.4 Å². The fourth-order valence-electron chi connectivity index (χ4n) is 2.79. The molecule has 0 aromatic heterocycles. The molecule has 1 atom stereocenters. The van der Waals surface area contributed by atoms with Gasteiger partial charge in [-0.05, 0) is 43.5 Å². The Hall–Kier alpha value is -1.50. The number of benzene rings is 1. The third-order valence-corrected chi connectivity index (χ3v) is 3.73. The number of likely N-dealkylation sites (tertiary alicyclic amines) is 1. The van der Waals surface area contributed by atoms with Crippen LogP contribution in [0, 0.1) is 17.8 Å². The highest BCUT2D eigenvalue weighted by molar-refractivity contribution is 5.44. The lowest BCUT2D eigenvalue weighted by molar-refractivity contribution is 0.175. The van der Waals surface area contributed by atoms with Crippen LogP contribution in [-0.4, -0.2) is 36.8 Å². The monoisotopic (exact) mass is 273 g/mol. The van der Waals surface area contributed by atoms with Gasteiger partial charge < -0.3 is 9.84 Å². The first-order valence-electron chi connectivity index (χ1n) is 7.22. The van der Waals surface area contributed by atoms with Gasteiger partial charge in [0.25, 0.3) is 0 Å². The van der Waals surface area contributed by atoms with E-state index in [9.17, 15) is 0 Å². The molecular weight excluding hydrogens is 250 g/mol. The molecule has 1 N–H and O–H groups in total. The van der Waals surface area contributed by atoms with Gasteiger partial charge in [0, 0.05) is 24.2 Å². The van der Waals surface area contributed by atoms with E-state index < -0.39 is 0 Å². The van der Waals surface area contributed by atoms with Crippen LogP contribution in [-0.2, 0) is 6.54 Å². The summed E-state index contributed by atoms with van der Waals surface area (Å²) in [6.45, 7) is 5.41. The number of aliphatic hydroxyl groups excluding tert-OH is 1. The zero-order valence-electron chi connectivity index (χ0n) is 12.4. The molecule has 1 fully saturated rings. The van der Waals surface area contributed by atoms with E-state index in [0.717, 1.165) is 36.9 Å². The van der Waals surface area contributed by atoms with Crippen LogP contribution in [0.1, 0.15) is 30.9 Å². The second kappa shape index (κ2) is 7.33. The van der Waals surface area contributed by atoms with Crippen molar-refractivity contribution in [1.29, 1.82) is 0 Å². The lowest BCUT2D eigenvalue weighted by atomic mass is 9.99. The molecule has 1 aliphatic heterocycles. The van der Waals surface area contributed by atoms with E-state index in [4.69, 9.17) is 9.84 Å². The van der Waals surface area contributed by atoms with Gasteiger partial charge in [-0.1, -0.05) is 18.8 Å². The predicted molar refractivity (Wildman–Crippen MR) is 80.6 cm³/mol. The Balaban J connectivity index is 2.15. The highest BCUT2D eigenvalue weighted by Gasteiger charge is 2.17. The zero-order chi connectivity index (χ0) is 14.4. The Morgan fingerprint density at radius 1 is 1.45 bits per heavy atom. The summed E-state index contributed by atoms with van der Waals surface area (Å²) in [6.07, 6.45) is 2.60. The van der Waals surface area contributed by atoms with E-state index in [1.54, 1.807) is 7.11 Å². The van der Waals surface area contributed by atoms with E-state index >= 15 is 0 Å². The van der Waals surface area contributed by atoms with Crippen LogP contribution in [0.25, 0.3) is 0 Å². The maximum Gasteiger partial charge on any atom is 0.123 e. The summed E-state index contributed by atoms with van der Waals surface area (Å²) >= 11 is 0. The van der Waals surface area contributed by atoms with E-state index in [2.05, 4.69) is 29.7 Å². The topological polar surface area (TPSA) is 32.7 Å². The van der Waals surface area contributed by atoms with Crippen LogP contribution in [0.2, 0.25) is 0 Å². The second-order valence-electron chi connectivity index (χ2n) is 5.47. The molecule has 1 aromatic rings. The Bertz CT molecular complexity index is 501. The summed E-state index contributed by atoms with van der Waals surface area (Å²) in [7, 11) is 1.71. The van der Waals surface area contributed by atoms with Crippen molar-refractivity contribution in [3.63, 3.8) is 0 Å². The highest BCUT2D eigenvalue weighted by atomic mass is 16.5. The number of rotatable bonds is 3. The molecule has 0 radical (unpaired) electrons. The van der Waals surface area contributed by atoms with Gasteiger partial charge >= 0.3 is 0 Å². The second-order valence-corrected chi connectivity index (χ2v) is 5.47. The molecular formula is C17H23NO2. The van der Waals surface area contributed by atoms with Crippen molar-refractivity contribution in [3.8, 4) is 17.6 Å². The summed E-state index contributed by atoms with van der Waals surface area (Å²) in [6, 6.07) is 5.97. The Morgan fingerprint density at radius 2 is 2.30 bits per heavy atom. The minimum absolute atomic E-state index is 0.106. The Morgan fingerprint density at radius 3 is 3.00 bits per heavy atom. The van der Waals surface area contributed by atoms with Crippen molar-refractivity contribution in [1.82, 2.24) is 4.90 Å². The third kappa shape index (κ3) is 4.00. The van der Waals surface area contributed by atoms with Crippen LogP contribution in [0.15, 0.2) is 18.2 Å². The molecule has 1 aliphatic rings. The van der Waals surface area contributed by atoms with Crippen LogP contribution >= 0.6 is 0 Å². The molecule has 3 heteroatoms. The molecule has 0 amide bonds. The zero-order valence-corrected chi connectivity index (χ0v) is 12.4. The van der Waals surface area contributed by atoms with E-state index in [1.165, 1.54) is 18.4 Å². The number of methoxy groups -OCH3 is 1. The van der Waals surface area contributed by atoms with Gasteiger partial charge in [0.05, 0.1) is 7.11 Å². The van der Waals surface area contributed by atoms with Crippen LogP contribution in [0.5, 0.6) is 5.75 Å². The van der Waals surface area contributed by atoms with Crippen molar-refractivity contribution >= 4 is 0 Å². The first kappa shape index (κ1) is 14.9. The minimum atomic E-state index is -0.106. The van der Waals surface area contributed by atoms with Crippen molar-refractivity contribution in [2.24, 2.45) is 5.92 Å². The molecule has 1 aromatic carbocycles. The largest absolute Gasteiger partial charge is 0.496 e. The molecule has 1 heterocycles. The number of piperidine rings is 1. The predicted octanol–water partition coefficient (Wildman–Crippen LogP) is 2.27. The summed E-state index contributed by atoms with van der Waals surface area (Å²) in [5, 5.41) is 8.78. The van der Waals surface area contributed by atoms with Gasteiger partial charge in [-0.25, -0.2) is 0 Å². The Kier molecular flexibility index (Phi) is 5.46. The molecule has 0 spiro atoms. The summed E-state index contributed by atoms with van der Waals surface area (Å²) < 4.78 is 5.45. The van der Waals surface area contributed by atoms with Crippen LogP contribution < -0.4 is 4.74 Å². The lowest BCUT2D eigenvalue weighted by Crippen LogP contribution is -2.33. The molecule has 1 unspecified atom stereocenters. The number of hydrogen-bond donors (Lipinski definition) is 1. The van der Waals surface area contributed by atoms with Crippen LogP contribution in [0.3, 0.4) is 0 Å². The lowest BCUT2D eigenvalue weighted by Gasteiger charge is -2.31. The van der Waals surface area contributed by atoms with Gasteiger partial charge in [0.15, 0.2) is 0 Å². The molecule has 0 saturated carbocycles. The first-order chi connectivity index (χ1) is 9.72. The summed E-state index contributed by atoms with van der Waals surface area (Å²) in [4.78, 5) is 2.48. The Labute approximate surface area is 121 Å². The number of aliphatic hydroxyl groups is 1. The van der Waals surface area contributed by atoms with Crippen molar-refractivity contribution < 1.29 is 9.84 Å². The quantitative estimate of drug-likeness (QED) is 0.858. The standard InChI is InChI=1S/C17H23NO2/c1-14-5-3-9-18(12-14)13-16-11-15(6-4-10-19)7-8-17(16)20-2/h7-8,11,14,19H,3,5,9-10,12-13H2,1-2H3. The van der Waals surface area contributed by atoms with Gasteiger partial charge in [-0.3, -0.25) is 4.90 Å². The van der Waals surface area contributed by atoms with Crippen LogP contribution in [0.4, 0.5) is 0 Å². The minimum Gasteiger partial charge on any atom is -0.496 e. The first-order valence-corrected chi connectivity index (χ1v) is 7.22. The molecule has 0 aliphatic carbocycles. The number of ether oxygens (including phenoxy) is 1. The smallest absolute Gasteiger partial charge is 0.123 e. The van der Waals surface area contributed by atoms with Crippen molar-refractivity contribution in [2.75, 3.05) is 26.8 Å². The maximum absolute atomic E-state index is 8.78. The van der Waals surface area contributed by atoms with Gasteiger partial charge in [0.2, 0.25) is 0 Å². The summed E-state index contributed by atoms with van der Waals surface area (Å²) in [5.74, 6) is 7.33. The number of hydrogen-bond acceptors (Lipinski definition) is 3. The molecule has 20 heavy (non-hydrogen) atoms. The molecule has 3 nitrogen and oxygen atoms in total. The van der Waals surface area contributed by atoms with Gasteiger partial charge in [-0.2, -0.15) is 0 Å². The van der Waals surface area contributed by atoms with Crippen molar-refractivity contribution in [2.45, 2.75) is 26.3 Å². The normalized spacial score (nSPS) is 19.2. The SMILES string of the molecule is COc1ccc(C#CCO)cc1CN1CCCC(C)C1. The van der Waals surface area contributed by atoms with E-state index in [-0.39, 0.29) is 6.61 Å². The van der Waals surface area contributed by atoms with Gasteiger partial charge in [-0.15, -0.1) is 0 Å². The van der Waals surface area contributed by atoms with E-state index in [1.807, 2.05) is 12.1 Å². The molecule has 108 valence electrons. The van der Waals surface area contributed by atoms with E-state index in [0.29, 0.717) is 0 Å². The average Bonchev–Trinajstić information content (AvgIpc) is 2.45. The average molecular weight is 273 g/mol.